The van der Waals surface area contributed by atoms with E-state index in [0.717, 1.165) is 44.7 Å². The van der Waals surface area contributed by atoms with E-state index in [4.69, 9.17) is 26.1 Å². The summed E-state index contributed by atoms with van der Waals surface area (Å²) in [5.41, 5.74) is 3.86. The van der Waals surface area contributed by atoms with Crippen LogP contribution in [0.4, 0.5) is 0 Å². The third-order valence-corrected chi connectivity index (χ3v) is 4.88. The second-order valence-corrected chi connectivity index (χ2v) is 6.49. The second-order valence-electron chi connectivity index (χ2n) is 6.13. The van der Waals surface area contributed by atoms with Gasteiger partial charge in [-0.05, 0) is 47.3 Å². The zero-order valence-corrected chi connectivity index (χ0v) is 15.8. The molecule has 3 aromatic carbocycles. The number of methoxy groups -OCH3 is 2. The molecule has 0 saturated heterocycles. The van der Waals surface area contributed by atoms with E-state index in [-0.39, 0.29) is 0 Å². The molecule has 0 unspecified atom stereocenters. The molecule has 1 aromatic heterocycles. The fraction of sp³-hybridized carbons (Fsp3) is 0.0870. The van der Waals surface area contributed by atoms with Crippen LogP contribution in [0.15, 0.2) is 72.8 Å². The highest BCUT2D eigenvalue weighted by molar-refractivity contribution is 6.35. The molecule has 0 bridgehead atoms. The summed E-state index contributed by atoms with van der Waals surface area (Å²) in [7, 11) is 3.32. The fourth-order valence-corrected chi connectivity index (χ4v) is 3.50. The topological polar surface area (TPSA) is 31.4 Å². The fourth-order valence-electron chi connectivity index (χ4n) is 3.25. The van der Waals surface area contributed by atoms with Gasteiger partial charge < -0.3 is 9.47 Å². The number of rotatable bonds is 4. The number of fused-ring (bicyclic) bond motifs is 1. The highest BCUT2D eigenvalue weighted by Gasteiger charge is 2.16. The number of aromatic nitrogens is 1. The van der Waals surface area contributed by atoms with Gasteiger partial charge in [0.05, 0.1) is 19.9 Å². The van der Waals surface area contributed by atoms with Crippen LogP contribution in [-0.4, -0.2) is 19.2 Å². The Balaban J connectivity index is 2.05. The van der Waals surface area contributed by atoms with Crippen LogP contribution in [0, 0.1) is 0 Å². The Morgan fingerprint density at radius 3 is 2.11 bits per heavy atom. The van der Waals surface area contributed by atoms with Gasteiger partial charge in [0.15, 0.2) is 0 Å². The molecule has 0 saturated carbocycles. The Morgan fingerprint density at radius 2 is 1.41 bits per heavy atom. The third kappa shape index (κ3) is 3.22. The first-order chi connectivity index (χ1) is 13.2. The van der Waals surface area contributed by atoms with Crippen LogP contribution in [0.1, 0.15) is 0 Å². The molecule has 0 aliphatic carbocycles. The number of halogens is 1. The van der Waals surface area contributed by atoms with Crippen LogP contribution in [0.2, 0.25) is 5.15 Å². The van der Waals surface area contributed by atoms with Crippen LogP contribution in [-0.2, 0) is 0 Å². The SMILES string of the molecule is COc1ccc(-c2nc(Cl)c3ccccc3c2-c2cccc(OC)c2)cc1. The quantitative estimate of drug-likeness (QED) is 0.395. The zero-order valence-electron chi connectivity index (χ0n) is 15.1. The molecule has 4 heteroatoms. The molecular formula is C23H18ClNO2. The van der Waals surface area contributed by atoms with Gasteiger partial charge in [0.2, 0.25) is 0 Å². The van der Waals surface area contributed by atoms with Crippen LogP contribution in [0.5, 0.6) is 11.5 Å². The van der Waals surface area contributed by atoms with Gasteiger partial charge in [-0.1, -0.05) is 48.0 Å². The van der Waals surface area contributed by atoms with E-state index in [9.17, 15) is 0 Å². The summed E-state index contributed by atoms with van der Waals surface area (Å²) in [4.78, 5) is 4.74. The first kappa shape index (κ1) is 17.4. The minimum absolute atomic E-state index is 0.489. The average molecular weight is 376 g/mol. The maximum Gasteiger partial charge on any atom is 0.137 e. The number of pyridine rings is 1. The molecule has 0 amide bonds. The van der Waals surface area contributed by atoms with Crippen LogP contribution in [0.25, 0.3) is 33.2 Å². The molecule has 4 aromatic rings. The molecular weight excluding hydrogens is 358 g/mol. The van der Waals surface area contributed by atoms with Crippen molar-refractivity contribution >= 4 is 22.4 Å². The Morgan fingerprint density at radius 1 is 0.704 bits per heavy atom. The van der Waals surface area contributed by atoms with Crippen molar-refractivity contribution < 1.29 is 9.47 Å². The van der Waals surface area contributed by atoms with Gasteiger partial charge in [0.1, 0.15) is 16.7 Å². The molecule has 0 aliphatic heterocycles. The standard InChI is InChI=1S/C23H18ClNO2/c1-26-17-12-10-15(11-13-17)22-21(16-6-5-7-18(14-16)27-2)19-8-3-4-9-20(19)23(24)25-22/h3-14H,1-2H3. The minimum Gasteiger partial charge on any atom is -0.497 e. The summed E-state index contributed by atoms with van der Waals surface area (Å²) in [6.07, 6.45) is 0. The van der Waals surface area contributed by atoms with Crippen molar-refractivity contribution in [1.82, 2.24) is 4.98 Å². The minimum atomic E-state index is 0.489. The van der Waals surface area contributed by atoms with Gasteiger partial charge in [0, 0.05) is 16.5 Å². The lowest BCUT2D eigenvalue weighted by atomic mass is 9.94. The smallest absolute Gasteiger partial charge is 0.137 e. The maximum absolute atomic E-state index is 6.53. The predicted octanol–water partition coefficient (Wildman–Crippen LogP) is 6.24. The summed E-state index contributed by atoms with van der Waals surface area (Å²) >= 11 is 6.53. The van der Waals surface area contributed by atoms with Gasteiger partial charge in [-0.15, -0.1) is 0 Å². The van der Waals surface area contributed by atoms with Gasteiger partial charge in [-0.3, -0.25) is 0 Å². The largest absolute Gasteiger partial charge is 0.497 e. The van der Waals surface area contributed by atoms with Crippen molar-refractivity contribution in [3.63, 3.8) is 0 Å². The Kier molecular flexibility index (Phi) is 4.69. The van der Waals surface area contributed by atoms with Crippen LogP contribution >= 0.6 is 11.6 Å². The molecule has 134 valence electrons. The van der Waals surface area contributed by atoms with E-state index in [2.05, 4.69) is 12.1 Å². The molecule has 4 rings (SSSR count). The molecule has 0 aliphatic rings. The highest BCUT2D eigenvalue weighted by atomic mass is 35.5. The summed E-state index contributed by atoms with van der Waals surface area (Å²) in [6, 6.07) is 23.9. The highest BCUT2D eigenvalue weighted by Crippen LogP contribution is 2.40. The molecule has 0 atom stereocenters. The normalized spacial score (nSPS) is 10.8. The lowest BCUT2D eigenvalue weighted by molar-refractivity contribution is 0.415. The van der Waals surface area contributed by atoms with Gasteiger partial charge in [-0.25, -0.2) is 4.98 Å². The molecule has 0 radical (unpaired) electrons. The average Bonchev–Trinajstić information content (AvgIpc) is 2.74. The van der Waals surface area contributed by atoms with Gasteiger partial charge in [-0.2, -0.15) is 0 Å². The number of hydrogen-bond donors (Lipinski definition) is 0. The van der Waals surface area contributed by atoms with Crippen molar-refractivity contribution in [3.8, 4) is 33.9 Å². The van der Waals surface area contributed by atoms with E-state index in [1.54, 1.807) is 14.2 Å². The van der Waals surface area contributed by atoms with E-state index in [1.165, 1.54) is 0 Å². The summed E-state index contributed by atoms with van der Waals surface area (Å²) < 4.78 is 10.7. The van der Waals surface area contributed by atoms with Gasteiger partial charge >= 0.3 is 0 Å². The monoisotopic (exact) mass is 375 g/mol. The predicted molar refractivity (Wildman–Crippen MR) is 111 cm³/mol. The van der Waals surface area contributed by atoms with E-state index < -0.39 is 0 Å². The first-order valence-electron chi connectivity index (χ1n) is 8.58. The summed E-state index contributed by atoms with van der Waals surface area (Å²) in [5, 5.41) is 2.47. The zero-order chi connectivity index (χ0) is 18.8. The van der Waals surface area contributed by atoms with Crippen molar-refractivity contribution in [2.24, 2.45) is 0 Å². The Hall–Kier alpha value is -3.04. The van der Waals surface area contributed by atoms with Crippen molar-refractivity contribution in [1.29, 1.82) is 0 Å². The van der Waals surface area contributed by atoms with E-state index in [0.29, 0.717) is 5.15 Å². The lowest BCUT2D eigenvalue weighted by Crippen LogP contribution is -1.94. The van der Waals surface area contributed by atoms with Gasteiger partial charge in [0.25, 0.3) is 0 Å². The summed E-state index contributed by atoms with van der Waals surface area (Å²) in [5.74, 6) is 1.60. The molecule has 0 fully saturated rings. The second kappa shape index (κ2) is 7.29. The van der Waals surface area contributed by atoms with E-state index >= 15 is 0 Å². The molecule has 1 heterocycles. The maximum atomic E-state index is 6.53. The van der Waals surface area contributed by atoms with Crippen LogP contribution < -0.4 is 9.47 Å². The number of hydrogen-bond acceptors (Lipinski definition) is 3. The molecule has 3 nitrogen and oxygen atoms in total. The van der Waals surface area contributed by atoms with Crippen molar-refractivity contribution in [2.45, 2.75) is 0 Å². The van der Waals surface area contributed by atoms with Crippen molar-refractivity contribution in [2.75, 3.05) is 14.2 Å². The molecule has 27 heavy (non-hydrogen) atoms. The lowest BCUT2D eigenvalue weighted by Gasteiger charge is -2.15. The Bertz CT molecular complexity index is 1110. The third-order valence-electron chi connectivity index (χ3n) is 4.59. The Labute approximate surface area is 163 Å². The van der Waals surface area contributed by atoms with E-state index in [1.807, 2.05) is 60.7 Å². The number of ether oxygens (including phenoxy) is 2. The first-order valence-corrected chi connectivity index (χ1v) is 8.96. The molecule has 0 spiro atoms. The number of nitrogens with zero attached hydrogens (tertiary/aromatic N) is 1. The number of benzene rings is 3. The van der Waals surface area contributed by atoms with Crippen molar-refractivity contribution in [3.05, 3.63) is 77.9 Å². The molecule has 0 N–H and O–H groups in total. The van der Waals surface area contributed by atoms with Crippen LogP contribution in [0.3, 0.4) is 0 Å². The summed E-state index contributed by atoms with van der Waals surface area (Å²) in [6.45, 7) is 0.